The minimum atomic E-state index is -0.328. The molecule has 0 spiro atoms. The zero-order valence-corrected chi connectivity index (χ0v) is 10.9. The van der Waals surface area contributed by atoms with E-state index in [0.29, 0.717) is 5.56 Å². The number of methoxy groups -OCH3 is 1. The van der Waals surface area contributed by atoms with Crippen LogP contribution >= 0.6 is 15.9 Å². The number of hydrogen-bond acceptors (Lipinski definition) is 2. The number of benzene rings is 2. The largest absolute Gasteiger partial charge is 0.465 e. The van der Waals surface area contributed by atoms with E-state index in [1.54, 1.807) is 12.1 Å². The van der Waals surface area contributed by atoms with Gasteiger partial charge in [-0.05, 0) is 23.3 Å². The van der Waals surface area contributed by atoms with Crippen molar-refractivity contribution in [1.82, 2.24) is 0 Å². The van der Waals surface area contributed by atoms with Gasteiger partial charge in [0.2, 0.25) is 0 Å². The molecule has 0 saturated carbocycles. The maximum Gasteiger partial charge on any atom is 0.337 e. The van der Waals surface area contributed by atoms with E-state index in [1.807, 2.05) is 36.4 Å². The molecule has 17 heavy (non-hydrogen) atoms. The fraction of sp³-hybridized carbons (Fsp3) is 0.0714. The normalized spacial score (nSPS) is 10.0. The summed E-state index contributed by atoms with van der Waals surface area (Å²) >= 11 is 3.47. The second kappa shape index (κ2) is 5.15. The van der Waals surface area contributed by atoms with Crippen molar-refractivity contribution in [3.63, 3.8) is 0 Å². The topological polar surface area (TPSA) is 26.3 Å². The zero-order chi connectivity index (χ0) is 12.3. The SMILES string of the molecule is COC(=O)c1ccc(-c2ccccc2)c(Br)c1. The van der Waals surface area contributed by atoms with E-state index in [1.165, 1.54) is 7.11 Å². The maximum absolute atomic E-state index is 11.4. The van der Waals surface area contributed by atoms with Crippen LogP contribution in [-0.4, -0.2) is 13.1 Å². The summed E-state index contributed by atoms with van der Waals surface area (Å²) in [7, 11) is 1.38. The quantitative estimate of drug-likeness (QED) is 0.784. The Labute approximate surface area is 108 Å². The van der Waals surface area contributed by atoms with Crippen molar-refractivity contribution in [3.8, 4) is 11.1 Å². The Balaban J connectivity index is 2.42. The third-order valence-corrected chi connectivity index (χ3v) is 3.13. The summed E-state index contributed by atoms with van der Waals surface area (Å²) in [4.78, 5) is 11.4. The lowest BCUT2D eigenvalue weighted by Crippen LogP contribution is -2.00. The van der Waals surface area contributed by atoms with Crippen molar-refractivity contribution in [1.29, 1.82) is 0 Å². The Bertz CT molecular complexity index is 535. The van der Waals surface area contributed by atoms with Gasteiger partial charge in [-0.25, -0.2) is 4.79 Å². The molecule has 0 aliphatic heterocycles. The van der Waals surface area contributed by atoms with Gasteiger partial charge in [-0.1, -0.05) is 52.3 Å². The number of carbonyl (C=O) groups is 1. The van der Waals surface area contributed by atoms with Gasteiger partial charge >= 0.3 is 5.97 Å². The summed E-state index contributed by atoms with van der Waals surface area (Å²) in [5.41, 5.74) is 2.70. The number of hydrogen-bond donors (Lipinski definition) is 0. The second-order valence-corrected chi connectivity index (χ2v) is 4.41. The van der Waals surface area contributed by atoms with Crippen LogP contribution in [0.4, 0.5) is 0 Å². The summed E-state index contributed by atoms with van der Waals surface area (Å²) in [5.74, 6) is -0.328. The fourth-order valence-electron chi connectivity index (χ4n) is 1.61. The van der Waals surface area contributed by atoms with Crippen LogP contribution in [0.25, 0.3) is 11.1 Å². The molecule has 0 amide bonds. The van der Waals surface area contributed by atoms with Crippen molar-refractivity contribution in [2.45, 2.75) is 0 Å². The van der Waals surface area contributed by atoms with Crippen LogP contribution in [0.3, 0.4) is 0 Å². The number of esters is 1. The zero-order valence-electron chi connectivity index (χ0n) is 9.31. The molecule has 0 heterocycles. The third-order valence-electron chi connectivity index (χ3n) is 2.47. The first-order chi connectivity index (χ1) is 8.22. The molecule has 0 unspecified atom stereocenters. The lowest BCUT2D eigenvalue weighted by molar-refractivity contribution is 0.0600. The first kappa shape index (κ1) is 11.9. The molecule has 0 fully saturated rings. The Morgan fingerprint density at radius 3 is 2.41 bits per heavy atom. The van der Waals surface area contributed by atoms with E-state index in [4.69, 9.17) is 0 Å². The van der Waals surface area contributed by atoms with Gasteiger partial charge < -0.3 is 4.74 Å². The van der Waals surface area contributed by atoms with Crippen molar-refractivity contribution in [2.24, 2.45) is 0 Å². The van der Waals surface area contributed by atoms with E-state index >= 15 is 0 Å². The summed E-state index contributed by atoms with van der Waals surface area (Å²) in [6.45, 7) is 0. The van der Waals surface area contributed by atoms with Crippen LogP contribution in [-0.2, 0) is 4.74 Å². The highest BCUT2D eigenvalue weighted by molar-refractivity contribution is 9.10. The van der Waals surface area contributed by atoms with Gasteiger partial charge in [0, 0.05) is 4.47 Å². The Morgan fingerprint density at radius 1 is 1.12 bits per heavy atom. The Hall–Kier alpha value is -1.61. The molecule has 0 atom stereocenters. The first-order valence-corrected chi connectivity index (χ1v) is 5.95. The van der Waals surface area contributed by atoms with Gasteiger partial charge in [-0.2, -0.15) is 0 Å². The lowest BCUT2D eigenvalue weighted by Gasteiger charge is -2.06. The standard InChI is InChI=1S/C14H11BrO2/c1-17-14(16)11-7-8-12(13(15)9-11)10-5-3-2-4-6-10/h2-9H,1H3. The summed E-state index contributed by atoms with van der Waals surface area (Å²) in [6.07, 6.45) is 0. The molecule has 2 nitrogen and oxygen atoms in total. The minimum Gasteiger partial charge on any atom is -0.465 e. The van der Waals surface area contributed by atoms with Gasteiger partial charge in [0.1, 0.15) is 0 Å². The average Bonchev–Trinajstić information content (AvgIpc) is 2.38. The first-order valence-electron chi connectivity index (χ1n) is 5.15. The Kier molecular flexibility index (Phi) is 3.59. The Morgan fingerprint density at radius 2 is 1.82 bits per heavy atom. The summed E-state index contributed by atoms with van der Waals surface area (Å²) in [6, 6.07) is 15.4. The average molecular weight is 291 g/mol. The monoisotopic (exact) mass is 290 g/mol. The molecule has 0 radical (unpaired) electrons. The van der Waals surface area contributed by atoms with Gasteiger partial charge in [-0.15, -0.1) is 0 Å². The maximum atomic E-state index is 11.4. The molecule has 0 bridgehead atoms. The highest BCUT2D eigenvalue weighted by atomic mass is 79.9. The van der Waals surface area contributed by atoms with Crippen LogP contribution in [0.1, 0.15) is 10.4 Å². The van der Waals surface area contributed by atoms with Gasteiger partial charge in [0.25, 0.3) is 0 Å². The third kappa shape index (κ3) is 2.56. The molecule has 0 aromatic heterocycles. The molecule has 0 aliphatic carbocycles. The molecule has 86 valence electrons. The molecule has 0 N–H and O–H groups in total. The smallest absolute Gasteiger partial charge is 0.337 e. The van der Waals surface area contributed by atoms with Crippen molar-refractivity contribution < 1.29 is 9.53 Å². The van der Waals surface area contributed by atoms with Crippen LogP contribution in [0, 0.1) is 0 Å². The van der Waals surface area contributed by atoms with Gasteiger partial charge in [0.05, 0.1) is 12.7 Å². The minimum absolute atomic E-state index is 0.328. The van der Waals surface area contributed by atoms with Crippen LogP contribution < -0.4 is 0 Å². The van der Waals surface area contributed by atoms with E-state index in [9.17, 15) is 4.79 Å². The second-order valence-electron chi connectivity index (χ2n) is 3.55. The number of halogens is 1. The van der Waals surface area contributed by atoms with Crippen LogP contribution in [0.5, 0.6) is 0 Å². The molecule has 2 rings (SSSR count). The number of ether oxygens (including phenoxy) is 1. The van der Waals surface area contributed by atoms with Crippen molar-refractivity contribution in [2.75, 3.05) is 7.11 Å². The summed E-state index contributed by atoms with van der Waals surface area (Å²) in [5, 5.41) is 0. The predicted octanol–water partition coefficient (Wildman–Crippen LogP) is 3.90. The molecule has 2 aromatic rings. The molecule has 3 heteroatoms. The van der Waals surface area contributed by atoms with Crippen molar-refractivity contribution in [3.05, 3.63) is 58.6 Å². The molecular weight excluding hydrogens is 280 g/mol. The summed E-state index contributed by atoms with van der Waals surface area (Å²) < 4.78 is 5.56. The number of rotatable bonds is 2. The fourth-order valence-corrected chi connectivity index (χ4v) is 2.22. The van der Waals surface area contributed by atoms with E-state index < -0.39 is 0 Å². The predicted molar refractivity (Wildman–Crippen MR) is 70.9 cm³/mol. The van der Waals surface area contributed by atoms with E-state index in [-0.39, 0.29) is 5.97 Å². The van der Waals surface area contributed by atoms with Crippen LogP contribution in [0.2, 0.25) is 0 Å². The highest BCUT2D eigenvalue weighted by Gasteiger charge is 2.09. The van der Waals surface area contributed by atoms with Gasteiger partial charge in [-0.3, -0.25) is 0 Å². The highest BCUT2D eigenvalue weighted by Crippen LogP contribution is 2.29. The molecular formula is C14H11BrO2. The van der Waals surface area contributed by atoms with Crippen molar-refractivity contribution >= 4 is 21.9 Å². The molecule has 2 aromatic carbocycles. The number of carbonyl (C=O) groups excluding carboxylic acids is 1. The van der Waals surface area contributed by atoms with Gasteiger partial charge in [0.15, 0.2) is 0 Å². The molecule has 0 aliphatic rings. The lowest BCUT2D eigenvalue weighted by atomic mass is 10.0. The van der Waals surface area contributed by atoms with Crippen LogP contribution in [0.15, 0.2) is 53.0 Å². The van der Waals surface area contributed by atoms with E-state index in [0.717, 1.165) is 15.6 Å². The van der Waals surface area contributed by atoms with E-state index in [2.05, 4.69) is 20.7 Å². The molecule has 0 saturated heterocycles.